The molecule has 0 aliphatic carbocycles. The first kappa shape index (κ1) is 11.4. The fourth-order valence-electron chi connectivity index (χ4n) is 0.946. The van der Waals surface area contributed by atoms with Gasteiger partial charge in [0, 0.05) is 6.42 Å². The van der Waals surface area contributed by atoms with Crippen molar-refractivity contribution in [2.45, 2.75) is 45.2 Å². The number of carbonyl (C=O) groups excluding carboxylic acids is 1. The monoisotopic (exact) mass is 175 g/mol. The maximum absolute atomic E-state index is 12.9. The average molecular weight is 175 g/mol. The van der Waals surface area contributed by atoms with Gasteiger partial charge >= 0.3 is 5.97 Å². The van der Waals surface area contributed by atoms with E-state index in [1.54, 1.807) is 0 Å². The fourth-order valence-corrected chi connectivity index (χ4v) is 0.946. The molecule has 3 heteroatoms. The number of rotatable bonds is 6. The van der Waals surface area contributed by atoms with Gasteiger partial charge in [-0.05, 0) is 12.8 Å². The van der Waals surface area contributed by atoms with Crippen LogP contribution in [-0.2, 0) is 9.53 Å². The standard InChI is InChI=1S/C9H17FO2/c1-3-4-5-8(10)6-7-9(11)12-2/h8H,3-7H2,1-2H3/i10-1. The van der Waals surface area contributed by atoms with Crippen LogP contribution in [-0.4, -0.2) is 19.3 Å². The molecule has 72 valence electrons. The minimum absolute atomic E-state index is 0.196. The van der Waals surface area contributed by atoms with Gasteiger partial charge < -0.3 is 4.74 Å². The Hall–Kier alpha value is -0.600. The second-order valence-corrected chi connectivity index (χ2v) is 2.85. The Labute approximate surface area is 73.1 Å². The predicted octanol–water partition coefficient (Wildman–Crippen LogP) is 2.47. The zero-order chi connectivity index (χ0) is 9.40. The number of methoxy groups -OCH3 is 1. The van der Waals surface area contributed by atoms with Crippen LogP contribution < -0.4 is 0 Å². The number of halogens is 1. The second kappa shape index (κ2) is 7.07. The van der Waals surface area contributed by atoms with E-state index in [0.29, 0.717) is 12.8 Å². The normalized spacial score (nSPS) is 12.6. The fraction of sp³-hybridized carbons (Fsp3) is 0.889. The number of hydrogen-bond donors (Lipinski definition) is 0. The summed E-state index contributed by atoms with van der Waals surface area (Å²) < 4.78 is 17.3. The smallest absolute Gasteiger partial charge is 0.305 e. The lowest BCUT2D eigenvalue weighted by atomic mass is 10.1. The highest BCUT2D eigenvalue weighted by Crippen LogP contribution is 2.10. The zero-order valence-corrected chi connectivity index (χ0v) is 7.81. The first-order valence-electron chi connectivity index (χ1n) is 4.41. The van der Waals surface area contributed by atoms with Crippen molar-refractivity contribution >= 4 is 5.97 Å². The molecule has 0 rings (SSSR count). The molecule has 0 saturated heterocycles. The number of carbonyl (C=O) groups is 1. The first-order chi connectivity index (χ1) is 5.70. The third-order valence-corrected chi connectivity index (χ3v) is 1.76. The molecular weight excluding hydrogens is 158 g/mol. The Balaban J connectivity index is 3.30. The molecule has 0 aromatic heterocycles. The highest BCUT2D eigenvalue weighted by Gasteiger charge is 2.08. The summed E-state index contributed by atoms with van der Waals surface area (Å²) in [5.74, 6) is -0.325. The summed E-state index contributed by atoms with van der Waals surface area (Å²) in [6, 6.07) is 0. The van der Waals surface area contributed by atoms with E-state index in [9.17, 15) is 9.18 Å². The molecule has 0 fully saturated rings. The number of ether oxygens (including phenoxy) is 1. The summed E-state index contributed by atoms with van der Waals surface area (Å²) in [6.45, 7) is 2.02. The third kappa shape index (κ3) is 6.13. The molecule has 0 aliphatic rings. The van der Waals surface area contributed by atoms with Gasteiger partial charge in [0.2, 0.25) is 0 Å². The molecule has 0 aliphatic heterocycles. The molecule has 12 heavy (non-hydrogen) atoms. The number of unbranched alkanes of at least 4 members (excludes halogenated alkanes) is 1. The lowest BCUT2D eigenvalue weighted by molar-refractivity contribution is -0.141. The Morgan fingerprint density at radius 1 is 1.50 bits per heavy atom. The van der Waals surface area contributed by atoms with Gasteiger partial charge in [0.05, 0.1) is 7.11 Å². The second-order valence-electron chi connectivity index (χ2n) is 2.85. The van der Waals surface area contributed by atoms with Crippen LogP contribution in [0.2, 0.25) is 0 Å². The lowest BCUT2D eigenvalue weighted by Crippen LogP contribution is -2.06. The first-order valence-corrected chi connectivity index (χ1v) is 4.41. The molecule has 0 aromatic carbocycles. The largest absolute Gasteiger partial charge is 0.469 e. The van der Waals surface area contributed by atoms with Crippen LogP contribution in [0.15, 0.2) is 0 Å². The molecule has 0 spiro atoms. The predicted molar refractivity (Wildman–Crippen MR) is 45.7 cm³/mol. The molecule has 0 N–H and O–H groups in total. The maximum Gasteiger partial charge on any atom is 0.305 e. The summed E-state index contributed by atoms with van der Waals surface area (Å²) in [7, 11) is 1.32. The van der Waals surface area contributed by atoms with Gasteiger partial charge in [0.15, 0.2) is 0 Å². The van der Waals surface area contributed by atoms with Crippen LogP contribution in [0.25, 0.3) is 0 Å². The summed E-state index contributed by atoms with van der Waals surface area (Å²) >= 11 is 0. The van der Waals surface area contributed by atoms with Crippen molar-refractivity contribution < 1.29 is 13.9 Å². The van der Waals surface area contributed by atoms with E-state index in [4.69, 9.17) is 0 Å². The lowest BCUT2D eigenvalue weighted by Gasteiger charge is -2.05. The molecule has 2 nitrogen and oxygen atoms in total. The van der Waals surface area contributed by atoms with Crippen molar-refractivity contribution in [2.75, 3.05) is 7.11 Å². The van der Waals surface area contributed by atoms with E-state index in [-0.39, 0.29) is 12.4 Å². The van der Waals surface area contributed by atoms with E-state index in [1.807, 2.05) is 6.92 Å². The zero-order valence-electron chi connectivity index (χ0n) is 7.81. The van der Waals surface area contributed by atoms with E-state index in [0.717, 1.165) is 12.8 Å². The van der Waals surface area contributed by atoms with Gasteiger partial charge in [-0.15, -0.1) is 0 Å². The number of alkyl halides is 1. The van der Waals surface area contributed by atoms with Gasteiger partial charge in [-0.25, -0.2) is 4.39 Å². The summed E-state index contributed by atoms with van der Waals surface area (Å²) in [5, 5.41) is 0. The molecule has 0 radical (unpaired) electrons. The number of hydrogen-bond acceptors (Lipinski definition) is 2. The summed E-state index contributed by atoms with van der Waals surface area (Å²) in [4.78, 5) is 10.6. The van der Waals surface area contributed by atoms with Crippen LogP contribution in [0.1, 0.15) is 39.0 Å². The van der Waals surface area contributed by atoms with Crippen molar-refractivity contribution in [1.82, 2.24) is 0 Å². The molecule has 0 saturated carbocycles. The Morgan fingerprint density at radius 2 is 2.17 bits per heavy atom. The molecule has 0 aromatic rings. The van der Waals surface area contributed by atoms with Crippen LogP contribution in [0, 0.1) is 0 Å². The summed E-state index contributed by atoms with van der Waals surface area (Å²) in [6.07, 6.45) is 2.10. The quantitative estimate of drug-likeness (QED) is 0.580. The van der Waals surface area contributed by atoms with Crippen molar-refractivity contribution in [3.8, 4) is 0 Å². The van der Waals surface area contributed by atoms with Crippen molar-refractivity contribution in [1.29, 1.82) is 0 Å². The molecule has 0 bridgehead atoms. The third-order valence-electron chi connectivity index (χ3n) is 1.76. The minimum atomic E-state index is -0.843. The van der Waals surface area contributed by atoms with E-state index in [1.165, 1.54) is 7.11 Å². The maximum atomic E-state index is 12.9. The van der Waals surface area contributed by atoms with Gasteiger partial charge in [-0.2, -0.15) is 0 Å². The molecule has 1 atom stereocenters. The van der Waals surface area contributed by atoms with Crippen molar-refractivity contribution in [3.63, 3.8) is 0 Å². The molecule has 0 heterocycles. The van der Waals surface area contributed by atoms with Crippen molar-refractivity contribution in [3.05, 3.63) is 0 Å². The topological polar surface area (TPSA) is 26.3 Å². The van der Waals surface area contributed by atoms with Crippen molar-refractivity contribution in [2.24, 2.45) is 0 Å². The van der Waals surface area contributed by atoms with E-state index >= 15 is 0 Å². The van der Waals surface area contributed by atoms with Crippen LogP contribution >= 0.6 is 0 Å². The Morgan fingerprint density at radius 3 is 2.67 bits per heavy atom. The van der Waals surface area contributed by atoms with Gasteiger partial charge in [-0.3, -0.25) is 4.79 Å². The van der Waals surface area contributed by atoms with Crippen LogP contribution in [0.5, 0.6) is 0 Å². The molecule has 0 amide bonds. The van der Waals surface area contributed by atoms with E-state index < -0.39 is 6.17 Å². The van der Waals surface area contributed by atoms with E-state index in [2.05, 4.69) is 4.74 Å². The van der Waals surface area contributed by atoms with Crippen LogP contribution in [0.4, 0.5) is 4.39 Å². The summed E-state index contributed by atoms with van der Waals surface area (Å²) in [5.41, 5.74) is 0. The number of esters is 1. The molecular formula is C9H17FO2. The van der Waals surface area contributed by atoms with Gasteiger partial charge in [0.25, 0.3) is 0 Å². The average Bonchev–Trinajstić information content (AvgIpc) is 2.10. The SMILES string of the molecule is CCCCC([18F])CCC(=O)OC. The van der Waals surface area contributed by atoms with Gasteiger partial charge in [-0.1, -0.05) is 19.8 Å². The highest BCUT2D eigenvalue weighted by molar-refractivity contribution is 5.69. The van der Waals surface area contributed by atoms with Gasteiger partial charge in [0.1, 0.15) is 6.17 Å². The Kier molecular flexibility index (Phi) is 6.72. The minimum Gasteiger partial charge on any atom is -0.469 e. The van der Waals surface area contributed by atoms with Crippen LogP contribution in [0.3, 0.4) is 0 Å². The Bertz CT molecular complexity index is 126. The molecule has 1 unspecified atom stereocenters. The highest BCUT2D eigenvalue weighted by atomic mass is 18.2.